The predicted molar refractivity (Wildman–Crippen MR) is 175 cm³/mol. The van der Waals surface area contributed by atoms with Crippen LogP contribution in [0.15, 0.2) is 36.7 Å². The summed E-state index contributed by atoms with van der Waals surface area (Å²) in [6.07, 6.45) is 48.8. The lowest BCUT2D eigenvalue weighted by Gasteiger charge is -2.04. The highest BCUT2D eigenvalue weighted by molar-refractivity contribution is 5.07. The van der Waals surface area contributed by atoms with Crippen LogP contribution in [0.2, 0.25) is 0 Å². The number of hydrogen-bond acceptors (Lipinski definition) is 0. The largest absolute Gasteiger partial charge is 0.205 e. The molecule has 1 aromatic rings. The van der Waals surface area contributed by atoms with Gasteiger partial charge >= 0.3 is 0 Å². The zero-order valence-electron chi connectivity index (χ0n) is 26.9. The van der Waals surface area contributed by atoms with Crippen molar-refractivity contribution < 1.29 is 4.57 Å². The van der Waals surface area contributed by atoms with E-state index in [1.807, 2.05) is 0 Å². The molecule has 1 rings (SSSR count). The fourth-order valence-electron chi connectivity index (χ4n) is 5.69. The van der Waals surface area contributed by atoms with Crippen LogP contribution in [-0.4, -0.2) is 0 Å². The number of nitrogens with zero attached hydrogens (tertiary/aromatic N) is 1. The smallest absolute Gasteiger partial charge is 0.169 e. The van der Waals surface area contributed by atoms with Crippen LogP contribution in [0.1, 0.15) is 193 Å². The third-order valence-corrected chi connectivity index (χ3v) is 8.46. The Morgan fingerprint density at radius 2 is 0.795 bits per heavy atom. The lowest BCUT2D eigenvalue weighted by atomic mass is 10.0. The Morgan fingerprint density at radius 3 is 1.23 bits per heavy atom. The summed E-state index contributed by atoms with van der Waals surface area (Å²) in [4.78, 5) is 0. The zero-order chi connectivity index (χ0) is 27.9. The Balaban J connectivity index is 1.85. The Morgan fingerprint density at radius 1 is 0.436 bits per heavy atom. The molecule has 1 nitrogen and oxygen atoms in total. The standard InChI is InChI=1S/C38H70N/c1-3-5-7-9-11-13-15-17-18-19-21-23-25-27-29-31-35-39-36-33-38(34-37-39)32-30-28-26-24-22-20-16-14-12-10-8-6-4-2/h17-18,33-34,36-37H,3-16,19-32,35H2,1-2H3/q+1/b18-17-. The predicted octanol–water partition coefficient (Wildman–Crippen LogP) is 12.6. The molecule has 0 aromatic carbocycles. The fourth-order valence-corrected chi connectivity index (χ4v) is 5.69. The van der Waals surface area contributed by atoms with Gasteiger partial charge in [-0.3, -0.25) is 0 Å². The van der Waals surface area contributed by atoms with Gasteiger partial charge in [-0.05, 0) is 50.5 Å². The van der Waals surface area contributed by atoms with Crippen LogP contribution in [0, 0.1) is 0 Å². The van der Waals surface area contributed by atoms with Gasteiger partial charge < -0.3 is 0 Å². The van der Waals surface area contributed by atoms with Crippen LogP contribution in [0.3, 0.4) is 0 Å². The molecule has 39 heavy (non-hydrogen) atoms. The van der Waals surface area contributed by atoms with Crippen molar-refractivity contribution in [1.29, 1.82) is 0 Å². The molecule has 0 amide bonds. The van der Waals surface area contributed by atoms with E-state index in [0.717, 1.165) is 0 Å². The van der Waals surface area contributed by atoms with E-state index < -0.39 is 0 Å². The Labute approximate surface area is 246 Å². The number of aromatic nitrogens is 1. The van der Waals surface area contributed by atoms with E-state index in [4.69, 9.17) is 0 Å². The molecule has 0 aliphatic rings. The number of allylic oxidation sites excluding steroid dienone is 2. The van der Waals surface area contributed by atoms with Gasteiger partial charge in [-0.25, -0.2) is 4.57 Å². The molecule has 226 valence electrons. The number of unbranched alkanes of at least 4 members (excludes halogenated alkanes) is 24. The van der Waals surface area contributed by atoms with Gasteiger partial charge in [-0.1, -0.05) is 154 Å². The molecule has 0 aliphatic heterocycles. The first-order valence-corrected chi connectivity index (χ1v) is 18.0. The van der Waals surface area contributed by atoms with Gasteiger partial charge in [0.25, 0.3) is 0 Å². The highest BCUT2D eigenvalue weighted by atomic mass is 14.9. The first kappa shape index (κ1) is 35.9. The summed E-state index contributed by atoms with van der Waals surface area (Å²) in [5.41, 5.74) is 1.52. The van der Waals surface area contributed by atoms with Gasteiger partial charge in [0.05, 0.1) is 0 Å². The minimum absolute atomic E-state index is 1.18. The Bertz CT molecular complexity index is 616. The van der Waals surface area contributed by atoms with Crippen LogP contribution < -0.4 is 4.57 Å². The van der Waals surface area contributed by atoms with Crippen LogP contribution in [0.25, 0.3) is 0 Å². The van der Waals surface area contributed by atoms with E-state index >= 15 is 0 Å². The molecule has 0 atom stereocenters. The van der Waals surface area contributed by atoms with E-state index in [1.165, 1.54) is 192 Å². The highest BCUT2D eigenvalue weighted by Gasteiger charge is 2.02. The molecule has 1 heteroatoms. The lowest BCUT2D eigenvalue weighted by Crippen LogP contribution is -2.32. The van der Waals surface area contributed by atoms with Crippen molar-refractivity contribution in [2.75, 3.05) is 0 Å². The summed E-state index contributed by atoms with van der Waals surface area (Å²) in [6, 6.07) is 4.72. The van der Waals surface area contributed by atoms with E-state index in [9.17, 15) is 0 Å². The molecule has 0 fully saturated rings. The molecule has 0 aliphatic carbocycles. The van der Waals surface area contributed by atoms with E-state index in [0.29, 0.717) is 0 Å². The normalized spacial score (nSPS) is 11.6. The minimum atomic E-state index is 1.18. The fraction of sp³-hybridized carbons (Fsp3) is 0.816. The number of hydrogen-bond donors (Lipinski definition) is 0. The van der Waals surface area contributed by atoms with Gasteiger partial charge in [-0.15, -0.1) is 0 Å². The summed E-state index contributed by atoms with van der Waals surface area (Å²) < 4.78 is 2.39. The van der Waals surface area contributed by atoms with Gasteiger partial charge in [0, 0.05) is 18.6 Å². The average molecular weight is 541 g/mol. The molecule has 0 spiro atoms. The summed E-state index contributed by atoms with van der Waals surface area (Å²) in [7, 11) is 0. The molecule has 0 unspecified atom stereocenters. The topological polar surface area (TPSA) is 3.88 Å². The second-order valence-corrected chi connectivity index (χ2v) is 12.4. The molecule has 0 saturated heterocycles. The van der Waals surface area contributed by atoms with Gasteiger partial charge in [0.2, 0.25) is 0 Å². The zero-order valence-corrected chi connectivity index (χ0v) is 26.9. The van der Waals surface area contributed by atoms with Gasteiger partial charge in [-0.2, -0.15) is 0 Å². The maximum Gasteiger partial charge on any atom is 0.169 e. The monoisotopic (exact) mass is 541 g/mol. The van der Waals surface area contributed by atoms with Crippen molar-refractivity contribution in [3.8, 4) is 0 Å². The van der Waals surface area contributed by atoms with Crippen molar-refractivity contribution in [3.05, 3.63) is 42.2 Å². The van der Waals surface area contributed by atoms with Crippen molar-refractivity contribution >= 4 is 0 Å². The Hall–Kier alpha value is -1.11. The number of pyridine rings is 1. The third kappa shape index (κ3) is 25.6. The van der Waals surface area contributed by atoms with Crippen molar-refractivity contribution in [2.45, 2.75) is 200 Å². The highest BCUT2D eigenvalue weighted by Crippen LogP contribution is 2.14. The van der Waals surface area contributed by atoms with Crippen molar-refractivity contribution in [3.63, 3.8) is 0 Å². The molecule has 0 N–H and O–H groups in total. The molecule has 0 radical (unpaired) electrons. The molecular formula is C38H70N+. The molecule has 1 aromatic heterocycles. The van der Waals surface area contributed by atoms with Crippen molar-refractivity contribution in [2.24, 2.45) is 0 Å². The van der Waals surface area contributed by atoms with Gasteiger partial charge in [0.1, 0.15) is 6.54 Å². The van der Waals surface area contributed by atoms with Crippen LogP contribution in [0.5, 0.6) is 0 Å². The lowest BCUT2D eigenvalue weighted by molar-refractivity contribution is -0.697. The van der Waals surface area contributed by atoms with Gasteiger partial charge in [0.15, 0.2) is 12.4 Å². The number of aryl methyl sites for hydroxylation is 2. The molecule has 0 bridgehead atoms. The average Bonchev–Trinajstić information content (AvgIpc) is 2.96. The molecule has 0 saturated carbocycles. The van der Waals surface area contributed by atoms with Crippen LogP contribution in [0.4, 0.5) is 0 Å². The van der Waals surface area contributed by atoms with Crippen LogP contribution in [-0.2, 0) is 13.0 Å². The summed E-state index contributed by atoms with van der Waals surface area (Å²) >= 11 is 0. The molecular weight excluding hydrogens is 470 g/mol. The summed E-state index contributed by atoms with van der Waals surface area (Å²) in [6.45, 7) is 5.78. The van der Waals surface area contributed by atoms with E-state index in [1.54, 1.807) is 0 Å². The summed E-state index contributed by atoms with van der Waals surface area (Å²) in [5.74, 6) is 0. The first-order chi connectivity index (χ1) is 19.4. The number of rotatable bonds is 30. The van der Waals surface area contributed by atoms with E-state index in [2.05, 4.69) is 55.1 Å². The second kappa shape index (κ2) is 29.9. The van der Waals surface area contributed by atoms with E-state index in [-0.39, 0.29) is 0 Å². The molecule has 1 heterocycles. The quantitative estimate of drug-likeness (QED) is 0.0519. The second-order valence-electron chi connectivity index (χ2n) is 12.4. The van der Waals surface area contributed by atoms with Crippen molar-refractivity contribution in [1.82, 2.24) is 0 Å². The third-order valence-electron chi connectivity index (χ3n) is 8.46. The SMILES string of the molecule is CCCCCCCC/C=C\CCCCCCCC[n+]1ccc(CCCCCCCCCCCCCCC)cc1. The minimum Gasteiger partial charge on any atom is -0.205 e. The maximum atomic E-state index is 2.44. The summed E-state index contributed by atoms with van der Waals surface area (Å²) in [5, 5.41) is 0. The van der Waals surface area contributed by atoms with Crippen LogP contribution >= 0.6 is 0 Å². The first-order valence-electron chi connectivity index (χ1n) is 18.0. The maximum absolute atomic E-state index is 2.44. The Kier molecular flexibility index (Phi) is 27.5.